The Morgan fingerprint density at radius 1 is 1.15 bits per heavy atom. The second kappa shape index (κ2) is 9.41. The lowest BCUT2D eigenvalue weighted by Crippen LogP contribution is -2.46. The Balaban J connectivity index is 1.80. The topological polar surface area (TPSA) is 139 Å². The van der Waals surface area contributed by atoms with E-state index in [1.807, 2.05) is 13.8 Å². The number of aromatic nitrogens is 4. The molecule has 0 aliphatic heterocycles. The fourth-order valence-electron chi connectivity index (χ4n) is 2.41. The largest absolute Gasteiger partial charge is 0.480 e. The molecule has 0 fully saturated rings. The molecule has 1 aromatic carbocycles. The van der Waals surface area contributed by atoms with Crippen molar-refractivity contribution in [2.45, 2.75) is 32.7 Å². The van der Waals surface area contributed by atoms with E-state index in [0.717, 1.165) is 11.3 Å². The maximum atomic E-state index is 12.0. The molecule has 144 valence electrons. The summed E-state index contributed by atoms with van der Waals surface area (Å²) in [5, 5.41) is 24.9. The van der Waals surface area contributed by atoms with Gasteiger partial charge in [-0.1, -0.05) is 26.0 Å². The van der Waals surface area contributed by atoms with Crippen LogP contribution < -0.4 is 10.6 Å². The van der Waals surface area contributed by atoms with Gasteiger partial charge in [0.2, 0.25) is 11.8 Å². The molecular formula is C17H22N6O4. The van der Waals surface area contributed by atoms with Crippen molar-refractivity contribution in [3.05, 3.63) is 36.2 Å². The van der Waals surface area contributed by atoms with Crippen LogP contribution >= 0.6 is 0 Å². The van der Waals surface area contributed by atoms with Crippen LogP contribution in [-0.4, -0.2) is 55.7 Å². The number of carboxylic acid groups (broad SMARTS) is 1. The highest BCUT2D eigenvalue weighted by Gasteiger charge is 2.21. The minimum Gasteiger partial charge on any atom is -0.480 e. The zero-order valence-corrected chi connectivity index (χ0v) is 15.1. The number of aliphatic carboxylic acids is 1. The van der Waals surface area contributed by atoms with Gasteiger partial charge in [-0.3, -0.25) is 9.59 Å². The van der Waals surface area contributed by atoms with Gasteiger partial charge in [0.15, 0.2) is 0 Å². The van der Waals surface area contributed by atoms with Gasteiger partial charge in [0.25, 0.3) is 0 Å². The van der Waals surface area contributed by atoms with Crippen molar-refractivity contribution in [3.63, 3.8) is 0 Å². The van der Waals surface area contributed by atoms with Crippen molar-refractivity contribution in [2.75, 3.05) is 6.54 Å². The molecule has 0 bridgehead atoms. The molecule has 0 saturated carbocycles. The summed E-state index contributed by atoms with van der Waals surface area (Å²) < 4.78 is 1.49. The fourth-order valence-corrected chi connectivity index (χ4v) is 2.41. The first-order valence-corrected chi connectivity index (χ1v) is 8.46. The number of rotatable bonds is 9. The van der Waals surface area contributed by atoms with E-state index in [4.69, 9.17) is 5.11 Å². The van der Waals surface area contributed by atoms with Crippen LogP contribution in [0.4, 0.5) is 0 Å². The molecule has 0 unspecified atom stereocenters. The Labute approximate surface area is 155 Å². The Kier molecular flexibility index (Phi) is 6.98. The van der Waals surface area contributed by atoms with E-state index in [2.05, 4.69) is 26.2 Å². The smallest absolute Gasteiger partial charge is 0.326 e. The summed E-state index contributed by atoms with van der Waals surface area (Å²) in [5.41, 5.74) is 1.52. The normalized spacial score (nSPS) is 11.8. The first kappa shape index (κ1) is 20.0. The van der Waals surface area contributed by atoms with Gasteiger partial charge in [0.05, 0.1) is 18.7 Å². The van der Waals surface area contributed by atoms with E-state index in [9.17, 15) is 14.4 Å². The highest BCUT2D eigenvalue weighted by atomic mass is 16.4. The molecule has 0 saturated heterocycles. The number of carbonyl (C=O) groups is 3. The van der Waals surface area contributed by atoms with Crippen molar-refractivity contribution in [2.24, 2.45) is 5.92 Å². The minimum absolute atomic E-state index is 0.0948. The fraction of sp³-hybridized carbons (Fsp3) is 0.412. The van der Waals surface area contributed by atoms with E-state index < -0.39 is 17.9 Å². The van der Waals surface area contributed by atoms with Gasteiger partial charge in [0, 0.05) is 0 Å². The van der Waals surface area contributed by atoms with E-state index in [1.165, 1.54) is 11.0 Å². The van der Waals surface area contributed by atoms with E-state index >= 15 is 0 Å². The molecule has 10 nitrogen and oxygen atoms in total. The molecule has 0 spiro atoms. The second-order valence-corrected chi connectivity index (χ2v) is 6.46. The third kappa shape index (κ3) is 6.49. The second-order valence-electron chi connectivity index (χ2n) is 6.46. The summed E-state index contributed by atoms with van der Waals surface area (Å²) >= 11 is 0. The number of carboxylic acids is 1. The number of tetrazole rings is 1. The van der Waals surface area contributed by atoms with Crippen LogP contribution in [0.25, 0.3) is 5.69 Å². The van der Waals surface area contributed by atoms with Crippen LogP contribution in [0.3, 0.4) is 0 Å². The maximum absolute atomic E-state index is 12.0. The molecule has 1 heterocycles. The first-order chi connectivity index (χ1) is 12.8. The monoisotopic (exact) mass is 374 g/mol. The average molecular weight is 374 g/mol. The Hall–Kier alpha value is -3.30. The Bertz CT molecular complexity index is 773. The molecule has 0 radical (unpaired) electrons. The third-order valence-electron chi connectivity index (χ3n) is 3.70. The first-order valence-electron chi connectivity index (χ1n) is 8.46. The lowest BCUT2D eigenvalue weighted by Gasteiger charge is -2.16. The predicted molar refractivity (Wildman–Crippen MR) is 94.9 cm³/mol. The van der Waals surface area contributed by atoms with Gasteiger partial charge in [-0.05, 0) is 40.5 Å². The summed E-state index contributed by atoms with van der Waals surface area (Å²) in [4.78, 5) is 35.0. The molecule has 2 amide bonds. The van der Waals surface area contributed by atoms with Crippen LogP contribution in [-0.2, 0) is 20.8 Å². The summed E-state index contributed by atoms with van der Waals surface area (Å²) in [5.74, 6) is -1.84. The highest BCUT2D eigenvalue weighted by molar-refractivity contribution is 5.88. The molecule has 0 aliphatic rings. The lowest BCUT2D eigenvalue weighted by molar-refractivity contribution is -0.142. The quantitative estimate of drug-likeness (QED) is 0.558. The van der Waals surface area contributed by atoms with Gasteiger partial charge in [-0.25, -0.2) is 9.48 Å². The third-order valence-corrected chi connectivity index (χ3v) is 3.70. The molecule has 27 heavy (non-hydrogen) atoms. The molecule has 0 aliphatic carbocycles. The van der Waals surface area contributed by atoms with Crippen molar-refractivity contribution in [1.82, 2.24) is 30.8 Å². The van der Waals surface area contributed by atoms with Gasteiger partial charge in [-0.15, -0.1) is 5.10 Å². The zero-order valence-electron chi connectivity index (χ0n) is 15.1. The lowest BCUT2D eigenvalue weighted by atomic mass is 10.0. The van der Waals surface area contributed by atoms with Gasteiger partial charge >= 0.3 is 5.97 Å². The van der Waals surface area contributed by atoms with Crippen LogP contribution in [0.2, 0.25) is 0 Å². The van der Waals surface area contributed by atoms with Crippen molar-refractivity contribution in [1.29, 1.82) is 0 Å². The van der Waals surface area contributed by atoms with Gasteiger partial charge in [0.1, 0.15) is 12.4 Å². The van der Waals surface area contributed by atoms with Crippen LogP contribution in [0.1, 0.15) is 25.8 Å². The number of carbonyl (C=O) groups excluding carboxylic acids is 2. The number of benzene rings is 1. The zero-order chi connectivity index (χ0) is 19.8. The van der Waals surface area contributed by atoms with Crippen LogP contribution in [0.15, 0.2) is 30.6 Å². The van der Waals surface area contributed by atoms with Crippen molar-refractivity contribution < 1.29 is 19.5 Å². The maximum Gasteiger partial charge on any atom is 0.326 e. The van der Waals surface area contributed by atoms with Gasteiger partial charge < -0.3 is 15.7 Å². The standard InChI is InChI=1S/C17H22N6O4/c1-11(2)7-14(17(26)27)20-16(25)9-18-15(24)8-12-3-5-13(6-4-12)23-10-19-21-22-23/h3-6,10-11,14H,7-9H2,1-2H3,(H,18,24)(H,20,25)(H,26,27)/t14-/m0/s1. The SMILES string of the molecule is CC(C)C[C@H](NC(=O)CNC(=O)Cc1ccc(-n2cnnn2)cc1)C(=O)O. The Morgan fingerprint density at radius 2 is 1.85 bits per heavy atom. The van der Waals surface area contributed by atoms with E-state index in [0.29, 0.717) is 6.42 Å². The molecule has 1 aromatic heterocycles. The molecule has 2 rings (SSSR count). The summed E-state index contributed by atoms with van der Waals surface area (Å²) in [7, 11) is 0. The number of nitrogens with one attached hydrogen (secondary N) is 2. The van der Waals surface area contributed by atoms with E-state index in [1.54, 1.807) is 24.3 Å². The summed E-state index contributed by atoms with van der Waals surface area (Å²) in [6.07, 6.45) is 1.88. The van der Waals surface area contributed by atoms with E-state index in [-0.39, 0.29) is 24.8 Å². The molecule has 1 atom stereocenters. The van der Waals surface area contributed by atoms with Gasteiger partial charge in [-0.2, -0.15) is 0 Å². The molecule has 3 N–H and O–H groups in total. The number of hydrogen-bond donors (Lipinski definition) is 3. The number of hydrogen-bond acceptors (Lipinski definition) is 6. The minimum atomic E-state index is -1.09. The van der Waals surface area contributed by atoms with Crippen molar-refractivity contribution in [3.8, 4) is 5.69 Å². The highest BCUT2D eigenvalue weighted by Crippen LogP contribution is 2.08. The molecular weight excluding hydrogens is 352 g/mol. The summed E-state index contributed by atoms with van der Waals surface area (Å²) in [6.45, 7) is 3.46. The number of nitrogens with zero attached hydrogens (tertiary/aromatic N) is 4. The van der Waals surface area contributed by atoms with Crippen LogP contribution in [0, 0.1) is 5.92 Å². The Morgan fingerprint density at radius 3 is 2.41 bits per heavy atom. The predicted octanol–water partition coefficient (Wildman–Crippen LogP) is -0.0635. The molecule has 2 aromatic rings. The summed E-state index contributed by atoms with van der Waals surface area (Å²) in [6, 6.07) is 6.11. The molecule has 10 heteroatoms. The van der Waals surface area contributed by atoms with Crippen LogP contribution in [0.5, 0.6) is 0 Å². The van der Waals surface area contributed by atoms with Crippen molar-refractivity contribution >= 4 is 17.8 Å². The average Bonchev–Trinajstić information content (AvgIpc) is 3.14. The number of amides is 2.